The van der Waals surface area contributed by atoms with Gasteiger partial charge in [-0.3, -0.25) is 0 Å². The molecular formula is C19H18N4O4S. The van der Waals surface area contributed by atoms with Gasteiger partial charge in [-0.25, -0.2) is 4.98 Å². The average molecular weight is 398 g/mol. The van der Waals surface area contributed by atoms with E-state index in [0.29, 0.717) is 29.0 Å². The van der Waals surface area contributed by atoms with E-state index < -0.39 is 0 Å². The number of ether oxygens (including phenoxy) is 3. The summed E-state index contributed by atoms with van der Waals surface area (Å²) in [5, 5.41) is 9.01. The van der Waals surface area contributed by atoms with E-state index >= 15 is 0 Å². The number of rotatable bonds is 7. The van der Waals surface area contributed by atoms with Crippen molar-refractivity contribution in [2.24, 2.45) is 0 Å². The van der Waals surface area contributed by atoms with Gasteiger partial charge in [0, 0.05) is 11.6 Å². The van der Waals surface area contributed by atoms with E-state index in [1.165, 1.54) is 11.8 Å². The topological polar surface area (TPSA) is 95.3 Å². The summed E-state index contributed by atoms with van der Waals surface area (Å²) in [5.41, 5.74) is 2.55. The smallest absolute Gasteiger partial charge is 0.247 e. The van der Waals surface area contributed by atoms with Crippen molar-refractivity contribution in [2.75, 3.05) is 21.3 Å². The molecule has 1 N–H and O–H groups in total. The predicted molar refractivity (Wildman–Crippen MR) is 105 cm³/mol. The van der Waals surface area contributed by atoms with Crippen molar-refractivity contribution in [3.05, 3.63) is 42.3 Å². The molecule has 0 spiro atoms. The van der Waals surface area contributed by atoms with Gasteiger partial charge in [0.05, 0.1) is 38.1 Å². The second-order valence-corrected chi connectivity index (χ2v) is 6.75. The van der Waals surface area contributed by atoms with E-state index in [0.717, 1.165) is 27.5 Å². The van der Waals surface area contributed by atoms with Crippen molar-refractivity contribution in [2.45, 2.75) is 10.9 Å². The van der Waals surface area contributed by atoms with E-state index in [4.69, 9.17) is 18.6 Å². The highest BCUT2D eigenvalue weighted by Gasteiger charge is 2.13. The van der Waals surface area contributed by atoms with E-state index in [-0.39, 0.29) is 0 Å². The summed E-state index contributed by atoms with van der Waals surface area (Å²) in [6, 6.07) is 11.2. The number of methoxy groups -OCH3 is 3. The summed E-state index contributed by atoms with van der Waals surface area (Å²) in [6.07, 6.45) is 0. The molecule has 4 aromatic rings. The van der Waals surface area contributed by atoms with Crippen molar-refractivity contribution in [3.8, 4) is 28.7 Å². The van der Waals surface area contributed by atoms with Gasteiger partial charge in [-0.15, -0.1) is 10.2 Å². The Bertz CT molecular complexity index is 1110. The van der Waals surface area contributed by atoms with Crippen LogP contribution in [0.15, 0.2) is 46.0 Å². The first kappa shape index (κ1) is 18.2. The largest absolute Gasteiger partial charge is 0.497 e. The number of fused-ring (bicyclic) bond motifs is 1. The number of aromatic nitrogens is 4. The number of hydrogen-bond donors (Lipinski definition) is 1. The van der Waals surface area contributed by atoms with Crippen molar-refractivity contribution >= 4 is 22.8 Å². The molecule has 8 nitrogen and oxygen atoms in total. The molecule has 0 saturated carbocycles. The van der Waals surface area contributed by atoms with Gasteiger partial charge in [-0.05, 0) is 30.3 Å². The van der Waals surface area contributed by atoms with E-state index in [2.05, 4.69) is 20.2 Å². The van der Waals surface area contributed by atoms with Crippen LogP contribution in [0.1, 0.15) is 5.89 Å². The maximum atomic E-state index is 5.77. The standard InChI is InChI=1S/C19H18N4O4S/c1-24-12-5-6-13-14(9-12)21-19(20-13)28-10-17-22-23-18(27-17)11-4-7-15(25-2)16(8-11)26-3/h4-9H,10H2,1-3H3,(H,20,21). The normalized spacial score (nSPS) is 11.0. The molecule has 0 fully saturated rings. The lowest BCUT2D eigenvalue weighted by Crippen LogP contribution is -1.90. The van der Waals surface area contributed by atoms with Crippen LogP contribution in [0.3, 0.4) is 0 Å². The number of H-pyrrole nitrogens is 1. The van der Waals surface area contributed by atoms with Crippen LogP contribution in [0, 0.1) is 0 Å². The Morgan fingerprint density at radius 3 is 2.61 bits per heavy atom. The fourth-order valence-electron chi connectivity index (χ4n) is 2.69. The predicted octanol–water partition coefficient (Wildman–Crippen LogP) is 3.93. The van der Waals surface area contributed by atoms with Crippen LogP contribution in [0.2, 0.25) is 0 Å². The van der Waals surface area contributed by atoms with Crippen molar-refractivity contribution in [3.63, 3.8) is 0 Å². The minimum atomic E-state index is 0.422. The van der Waals surface area contributed by atoms with Crippen molar-refractivity contribution in [1.29, 1.82) is 0 Å². The highest BCUT2D eigenvalue weighted by molar-refractivity contribution is 7.98. The molecule has 0 amide bonds. The van der Waals surface area contributed by atoms with Crippen LogP contribution in [0.5, 0.6) is 17.2 Å². The van der Waals surface area contributed by atoms with E-state index in [1.54, 1.807) is 33.5 Å². The number of benzene rings is 2. The minimum Gasteiger partial charge on any atom is -0.497 e. The zero-order valence-corrected chi connectivity index (χ0v) is 16.4. The van der Waals surface area contributed by atoms with Crippen LogP contribution in [-0.4, -0.2) is 41.5 Å². The summed E-state index contributed by atoms with van der Waals surface area (Å²) in [5.74, 6) is 3.45. The second kappa shape index (κ2) is 7.81. The molecule has 0 atom stereocenters. The molecule has 2 aromatic carbocycles. The Kier molecular flexibility index (Phi) is 5.07. The van der Waals surface area contributed by atoms with Crippen LogP contribution >= 0.6 is 11.8 Å². The summed E-state index contributed by atoms with van der Waals surface area (Å²) < 4.78 is 21.6. The lowest BCUT2D eigenvalue weighted by molar-refractivity contribution is 0.355. The maximum Gasteiger partial charge on any atom is 0.247 e. The van der Waals surface area contributed by atoms with Gasteiger partial charge in [0.25, 0.3) is 0 Å². The van der Waals surface area contributed by atoms with Gasteiger partial charge >= 0.3 is 0 Å². The first-order valence-corrected chi connectivity index (χ1v) is 9.40. The fraction of sp³-hybridized carbons (Fsp3) is 0.211. The summed E-state index contributed by atoms with van der Waals surface area (Å²) in [4.78, 5) is 7.80. The number of nitrogens with zero attached hydrogens (tertiary/aromatic N) is 3. The van der Waals surface area contributed by atoms with Crippen molar-refractivity contribution in [1.82, 2.24) is 20.2 Å². The number of hydrogen-bond acceptors (Lipinski definition) is 8. The lowest BCUT2D eigenvalue weighted by Gasteiger charge is -2.07. The van der Waals surface area contributed by atoms with Gasteiger partial charge in [-0.1, -0.05) is 11.8 Å². The molecule has 0 bridgehead atoms. The minimum absolute atomic E-state index is 0.422. The molecule has 0 aliphatic carbocycles. The molecule has 2 heterocycles. The Hall–Kier alpha value is -3.20. The van der Waals surface area contributed by atoms with E-state index in [1.807, 2.05) is 24.3 Å². The second-order valence-electron chi connectivity index (χ2n) is 5.78. The van der Waals surface area contributed by atoms with Gasteiger partial charge < -0.3 is 23.6 Å². The third kappa shape index (κ3) is 3.61. The average Bonchev–Trinajstić information content (AvgIpc) is 3.37. The molecule has 4 rings (SSSR count). The Morgan fingerprint density at radius 1 is 0.964 bits per heavy atom. The van der Waals surface area contributed by atoms with Gasteiger partial charge in [0.2, 0.25) is 11.8 Å². The molecule has 0 aliphatic rings. The van der Waals surface area contributed by atoms with Gasteiger partial charge in [0.1, 0.15) is 5.75 Å². The first-order valence-electron chi connectivity index (χ1n) is 8.41. The molecule has 2 aromatic heterocycles. The van der Waals surface area contributed by atoms with Crippen LogP contribution in [-0.2, 0) is 5.75 Å². The third-order valence-corrected chi connectivity index (χ3v) is 4.96. The monoisotopic (exact) mass is 398 g/mol. The first-order chi connectivity index (χ1) is 13.7. The molecule has 9 heteroatoms. The lowest BCUT2D eigenvalue weighted by atomic mass is 10.2. The highest BCUT2D eigenvalue weighted by atomic mass is 32.2. The molecule has 0 saturated heterocycles. The number of aromatic amines is 1. The number of thioether (sulfide) groups is 1. The molecule has 28 heavy (non-hydrogen) atoms. The number of imidazole rings is 1. The summed E-state index contributed by atoms with van der Waals surface area (Å²) in [6.45, 7) is 0. The highest BCUT2D eigenvalue weighted by Crippen LogP contribution is 2.32. The zero-order chi connectivity index (χ0) is 19.5. The molecule has 0 radical (unpaired) electrons. The molecular weight excluding hydrogens is 380 g/mol. The molecule has 0 aliphatic heterocycles. The van der Waals surface area contributed by atoms with E-state index in [9.17, 15) is 0 Å². The summed E-state index contributed by atoms with van der Waals surface area (Å²) in [7, 11) is 4.81. The van der Waals surface area contributed by atoms with Gasteiger partial charge in [-0.2, -0.15) is 0 Å². The summed E-state index contributed by atoms with van der Waals surface area (Å²) >= 11 is 1.49. The van der Waals surface area contributed by atoms with Gasteiger partial charge in [0.15, 0.2) is 16.7 Å². The fourth-order valence-corrected chi connectivity index (χ4v) is 3.41. The number of nitrogens with one attached hydrogen (secondary N) is 1. The Morgan fingerprint density at radius 2 is 1.82 bits per heavy atom. The SMILES string of the molecule is COc1ccc2nc(SCc3nnc(-c4ccc(OC)c(OC)c4)o3)[nH]c2c1. The van der Waals surface area contributed by atoms with Crippen LogP contribution in [0.25, 0.3) is 22.5 Å². The Labute approximate surface area is 165 Å². The maximum absolute atomic E-state index is 5.77. The van der Waals surface area contributed by atoms with Crippen LogP contribution < -0.4 is 14.2 Å². The molecule has 0 unspecified atom stereocenters. The quantitative estimate of drug-likeness (QED) is 0.468. The molecule has 144 valence electrons. The van der Waals surface area contributed by atoms with Crippen LogP contribution in [0.4, 0.5) is 0 Å². The Balaban J connectivity index is 1.48. The third-order valence-electron chi connectivity index (χ3n) is 4.10. The zero-order valence-electron chi connectivity index (χ0n) is 15.6. The van der Waals surface area contributed by atoms with Crippen molar-refractivity contribution < 1.29 is 18.6 Å².